The maximum absolute atomic E-state index is 4.43. The van der Waals surface area contributed by atoms with Crippen molar-refractivity contribution in [3.8, 4) is 10.7 Å². The molecule has 2 heterocycles. The van der Waals surface area contributed by atoms with Crippen molar-refractivity contribution in [2.75, 3.05) is 6.54 Å². The fourth-order valence-corrected chi connectivity index (χ4v) is 2.91. The molecule has 21 heavy (non-hydrogen) atoms. The molecule has 0 aliphatic rings. The Kier molecular flexibility index (Phi) is 6.57. The van der Waals surface area contributed by atoms with E-state index in [9.17, 15) is 0 Å². The Bertz CT molecular complexity index is 519. The van der Waals surface area contributed by atoms with Crippen LogP contribution in [0.2, 0.25) is 0 Å². The molecule has 3 nitrogen and oxygen atoms in total. The Morgan fingerprint density at radius 2 is 2.19 bits per heavy atom. The largest absolute Gasteiger partial charge is 0.313 e. The van der Waals surface area contributed by atoms with Gasteiger partial charge in [-0.15, -0.1) is 17.9 Å². The smallest absolute Gasteiger partial charge is 0.169 e. The molecule has 2 rings (SSSR count). The van der Waals surface area contributed by atoms with Gasteiger partial charge < -0.3 is 5.32 Å². The van der Waals surface area contributed by atoms with E-state index in [4.69, 9.17) is 0 Å². The number of rotatable bonds is 9. The molecule has 0 saturated heterocycles. The standard InChI is InChI=1S/C17H23N3S/c1-3-6-14(4-2)8-9-18-11-15-12-19-17(20-13-15)16-7-5-10-21-16/h3,5,7,10,12-14,18H,1,4,6,8-9,11H2,2H3. The molecule has 0 spiro atoms. The molecule has 0 saturated carbocycles. The average Bonchev–Trinajstić information content (AvgIpc) is 3.05. The van der Waals surface area contributed by atoms with Crippen LogP contribution in [0.4, 0.5) is 0 Å². The number of nitrogens with zero attached hydrogens (tertiary/aromatic N) is 2. The van der Waals surface area contributed by atoms with Gasteiger partial charge in [0.1, 0.15) is 0 Å². The molecule has 0 fully saturated rings. The van der Waals surface area contributed by atoms with Gasteiger partial charge >= 0.3 is 0 Å². The monoisotopic (exact) mass is 301 g/mol. The summed E-state index contributed by atoms with van der Waals surface area (Å²) in [4.78, 5) is 9.97. The van der Waals surface area contributed by atoms with Gasteiger partial charge in [0, 0.05) is 24.5 Å². The van der Waals surface area contributed by atoms with Crippen LogP contribution in [0.1, 0.15) is 31.7 Å². The van der Waals surface area contributed by atoms with E-state index in [1.165, 1.54) is 12.8 Å². The molecule has 4 heteroatoms. The summed E-state index contributed by atoms with van der Waals surface area (Å²) in [6.45, 7) is 7.91. The van der Waals surface area contributed by atoms with Crippen LogP contribution >= 0.6 is 11.3 Å². The fourth-order valence-electron chi connectivity index (χ4n) is 2.24. The third-order valence-corrected chi connectivity index (χ3v) is 4.45. The summed E-state index contributed by atoms with van der Waals surface area (Å²) in [7, 11) is 0. The zero-order chi connectivity index (χ0) is 14.9. The summed E-state index contributed by atoms with van der Waals surface area (Å²) in [6, 6.07) is 4.06. The van der Waals surface area contributed by atoms with Crippen LogP contribution in [-0.2, 0) is 6.54 Å². The van der Waals surface area contributed by atoms with E-state index >= 15 is 0 Å². The van der Waals surface area contributed by atoms with Crippen LogP contribution in [0.15, 0.2) is 42.6 Å². The maximum Gasteiger partial charge on any atom is 0.169 e. The number of hydrogen-bond donors (Lipinski definition) is 1. The highest BCUT2D eigenvalue weighted by molar-refractivity contribution is 7.13. The van der Waals surface area contributed by atoms with Crippen LogP contribution in [0.5, 0.6) is 0 Å². The summed E-state index contributed by atoms with van der Waals surface area (Å²) < 4.78 is 0. The maximum atomic E-state index is 4.43. The van der Waals surface area contributed by atoms with Gasteiger partial charge in [0.15, 0.2) is 5.82 Å². The molecule has 1 unspecified atom stereocenters. The predicted octanol–water partition coefficient (Wildman–Crippen LogP) is 4.29. The third-order valence-electron chi connectivity index (χ3n) is 3.58. The summed E-state index contributed by atoms with van der Waals surface area (Å²) >= 11 is 1.66. The highest BCUT2D eigenvalue weighted by Crippen LogP contribution is 2.20. The number of allylic oxidation sites excluding steroid dienone is 1. The normalized spacial score (nSPS) is 12.2. The first-order valence-electron chi connectivity index (χ1n) is 7.50. The minimum atomic E-state index is 0.743. The number of nitrogens with one attached hydrogen (secondary N) is 1. The quantitative estimate of drug-likeness (QED) is 0.554. The van der Waals surface area contributed by atoms with Gasteiger partial charge in [-0.1, -0.05) is 25.5 Å². The molecule has 2 aromatic rings. The summed E-state index contributed by atoms with van der Waals surface area (Å²) in [5.41, 5.74) is 1.13. The molecule has 0 aromatic carbocycles. The van der Waals surface area contributed by atoms with Crippen molar-refractivity contribution in [2.24, 2.45) is 5.92 Å². The van der Waals surface area contributed by atoms with Gasteiger partial charge in [-0.05, 0) is 36.8 Å². The lowest BCUT2D eigenvalue weighted by molar-refractivity contribution is 0.455. The fraction of sp³-hybridized carbons (Fsp3) is 0.412. The van der Waals surface area contributed by atoms with Gasteiger partial charge in [0.25, 0.3) is 0 Å². The first kappa shape index (κ1) is 15.9. The molecule has 1 atom stereocenters. The Labute approximate surface area is 131 Å². The molecule has 0 amide bonds. The Morgan fingerprint density at radius 1 is 1.38 bits per heavy atom. The zero-order valence-corrected chi connectivity index (χ0v) is 13.4. The Morgan fingerprint density at radius 3 is 2.81 bits per heavy atom. The lowest BCUT2D eigenvalue weighted by Crippen LogP contribution is -2.17. The molecule has 0 aliphatic carbocycles. The van der Waals surface area contributed by atoms with Gasteiger partial charge in [0.05, 0.1) is 4.88 Å². The molecular weight excluding hydrogens is 278 g/mol. The lowest BCUT2D eigenvalue weighted by atomic mass is 9.99. The minimum absolute atomic E-state index is 0.743. The van der Waals surface area contributed by atoms with Gasteiger partial charge in [-0.3, -0.25) is 0 Å². The van der Waals surface area contributed by atoms with Crippen molar-refractivity contribution in [3.63, 3.8) is 0 Å². The van der Waals surface area contributed by atoms with E-state index in [2.05, 4.69) is 28.8 Å². The molecular formula is C17H23N3S. The third kappa shape index (κ3) is 5.06. The van der Waals surface area contributed by atoms with E-state index in [-0.39, 0.29) is 0 Å². The molecule has 2 aromatic heterocycles. The topological polar surface area (TPSA) is 37.8 Å². The number of thiophene rings is 1. The van der Waals surface area contributed by atoms with Crippen molar-refractivity contribution in [1.82, 2.24) is 15.3 Å². The van der Waals surface area contributed by atoms with E-state index < -0.39 is 0 Å². The average molecular weight is 301 g/mol. The van der Waals surface area contributed by atoms with Gasteiger partial charge in [0.2, 0.25) is 0 Å². The van der Waals surface area contributed by atoms with Gasteiger partial charge in [-0.2, -0.15) is 0 Å². The second-order valence-electron chi connectivity index (χ2n) is 5.16. The van der Waals surface area contributed by atoms with Crippen LogP contribution in [-0.4, -0.2) is 16.5 Å². The predicted molar refractivity (Wildman–Crippen MR) is 90.3 cm³/mol. The zero-order valence-electron chi connectivity index (χ0n) is 12.6. The number of hydrogen-bond acceptors (Lipinski definition) is 4. The molecule has 0 bridgehead atoms. The SMILES string of the molecule is C=CCC(CC)CCNCc1cnc(-c2cccs2)nc1. The van der Waals surface area contributed by atoms with Crippen molar-refractivity contribution in [3.05, 3.63) is 48.1 Å². The molecule has 0 radical (unpaired) electrons. The Hall–Kier alpha value is -1.52. The highest BCUT2D eigenvalue weighted by Gasteiger charge is 2.04. The molecule has 1 N–H and O–H groups in total. The van der Waals surface area contributed by atoms with Crippen LogP contribution in [0.3, 0.4) is 0 Å². The van der Waals surface area contributed by atoms with E-state index in [1.807, 2.05) is 36.0 Å². The second kappa shape index (κ2) is 8.70. The van der Waals surface area contributed by atoms with Crippen molar-refractivity contribution < 1.29 is 0 Å². The van der Waals surface area contributed by atoms with Crippen LogP contribution in [0, 0.1) is 5.92 Å². The second-order valence-corrected chi connectivity index (χ2v) is 6.10. The summed E-state index contributed by atoms with van der Waals surface area (Å²) in [6.07, 6.45) is 9.36. The van der Waals surface area contributed by atoms with Crippen LogP contribution in [0.25, 0.3) is 10.7 Å². The molecule has 0 aliphatic heterocycles. The van der Waals surface area contributed by atoms with E-state index in [0.29, 0.717) is 0 Å². The lowest BCUT2D eigenvalue weighted by Gasteiger charge is -2.12. The van der Waals surface area contributed by atoms with Crippen molar-refractivity contribution in [1.29, 1.82) is 0 Å². The van der Waals surface area contributed by atoms with Crippen molar-refractivity contribution in [2.45, 2.75) is 32.7 Å². The highest BCUT2D eigenvalue weighted by atomic mass is 32.1. The van der Waals surface area contributed by atoms with Crippen molar-refractivity contribution >= 4 is 11.3 Å². The van der Waals surface area contributed by atoms with Crippen LogP contribution < -0.4 is 5.32 Å². The first-order chi connectivity index (χ1) is 10.3. The van der Waals surface area contributed by atoms with E-state index in [1.54, 1.807) is 11.3 Å². The molecule has 112 valence electrons. The van der Waals surface area contributed by atoms with Gasteiger partial charge in [-0.25, -0.2) is 9.97 Å². The Balaban J connectivity index is 1.75. The first-order valence-corrected chi connectivity index (χ1v) is 8.37. The minimum Gasteiger partial charge on any atom is -0.313 e. The summed E-state index contributed by atoms with van der Waals surface area (Å²) in [5, 5.41) is 5.51. The van der Waals surface area contributed by atoms with E-state index in [0.717, 1.165) is 41.7 Å². The number of aromatic nitrogens is 2. The summed E-state index contributed by atoms with van der Waals surface area (Å²) in [5.74, 6) is 1.55.